The topological polar surface area (TPSA) is 77.1 Å². The van der Waals surface area contributed by atoms with E-state index in [1.54, 1.807) is 6.92 Å². The summed E-state index contributed by atoms with van der Waals surface area (Å²) in [6.45, 7) is 3.21. The van der Waals surface area contributed by atoms with Crippen molar-refractivity contribution in [1.29, 1.82) is 0 Å². The number of esters is 1. The normalized spacial score (nSPS) is 16.9. The molecule has 0 aliphatic carbocycles. The SMILES string of the molecule is COC(=O)C1=C(C)N(CCC(C)C)C(=O)NC1c1ccc(OC(F)F)c(OC)c1. The molecule has 0 saturated heterocycles. The Labute approximate surface area is 168 Å². The highest BCUT2D eigenvalue weighted by Gasteiger charge is 2.36. The number of nitrogens with zero attached hydrogens (tertiary/aromatic N) is 1. The fraction of sp³-hybridized carbons (Fsp3) is 0.500. The van der Waals surface area contributed by atoms with Crippen LogP contribution in [0.2, 0.25) is 0 Å². The van der Waals surface area contributed by atoms with Crippen LogP contribution in [-0.2, 0) is 9.53 Å². The molecule has 1 atom stereocenters. The van der Waals surface area contributed by atoms with Gasteiger partial charge in [-0.25, -0.2) is 9.59 Å². The van der Waals surface area contributed by atoms with Crippen LogP contribution in [0.5, 0.6) is 11.5 Å². The Morgan fingerprint density at radius 2 is 1.93 bits per heavy atom. The van der Waals surface area contributed by atoms with Gasteiger partial charge in [0.15, 0.2) is 11.5 Å². The average Bonchev–Trinajstić information content (AvgIpc) is 2.66. The fourth-order valence-electron chi connectivity index (χ4n) is 3.12. The molecule has 2 amide bonds. The summed E-state index contributed by atoms with van der Waals surface area (Å²) in [5.74, 6) is -0.302. The molecule has 7 nitrogen and oxygen atoms in total. The molecule has 0 fully saturated rings. The number of halogens is 2. The van der Waals surface area contributed by atoms with Gasteiger partial charge in [0, 0.05) is 12.2 Å². The second-order valence-electron chi connectivity index (χ2n) is 7.00. The van der Waals surface area contributed by atoms with Crippen molar-refractivity contribution >= 4 is 12.0 Å². The third kappa shape index (κ3) is 5.16. The third-order valence-electron chi connectivity index (χ3n) is 4.67. The Bertz CT molecular complexity index is 795. The molecule has 1 aromatic rings. The summed E-state index contributed by atoms with van der Waals surface area (Å²) < 4.78 is 39.6. The van der Waals surface area contributed by atoms with Gasteiger partial charge in [0.25, 0.3) is 0 Å². The highest BCUT2D eigenvalue weighted by Crippen LogP contribution is 2.36. The van der Waals surface area contributed by atoms with Gasteiger partial charge in [-0.05, 0) is 37.0 Å². The summed E-state index contributed by atoms with van der Waals surface area (Å²) in [6, 6.07) is 3.07. The molecule has 2 rings (SSSR count). The minimum atomic E-state index is -3.01. The van der Waals surface area contributed by atoms with Gasteiger partial charge in [-0.2, -0.15) is 8.78 Å². The Balaban J connectivity index is 2.48. The number of amides is 2. The zero-order valence-electron chi connectivity index (χ0n) is 17.1. The summed E-state index contributed by atoms with van der Waals surface area (Å²) in [4.78, 5) is 26.7. The third-order valence-corrected chi connectivity index (χ3v) is 4.67. The van der Waals surface area contributed by atoms with Gasteiger partial charge in [0.1, 0.15) is 0 Å². The second kappa shape index (κ2) is 9.58. The molecule has 1 unspecified atom stereocenters. The summed E-state index contributed by atoms with van der Waals surface area (Å²) in [5.41, 5.74) is 1.22. The maximum atomic E-state index is 12.7. The summed E-state index contributed by atoms with van der Waals surface area (Å²) in [5, 5.41) is 2.80. The zero-order valence-corrected chi connectivity index (χ0v) is 17.1. The number of methoxy groups -OCH3 is 2. The Morgan fingerprint density at radius 3 is 2.48 bits per heavy atom. The van der Waals surface area contributed by atoms with E-state index in [0.717, 1.165) is 6.42 Å². The van der Waals surface area contributed by atoms with E-state index < -0.39 is 18.6 Å². The number of ether oxygens (including phenoxy) is 3. The first kappa shape index (κ1) is 22.4. The van der Waals surface area contributed by atoms with Crippen LogP contribution in [0.15, 0.2) is 29.5 Å². The lowest BCUT2D eigenvalue weighted by Crippen LogP contribution is -2.48. The van der Waals surface area contributed by atoms with Crippen molar-refractivity contribution in [3.8, 4) is 11.5 Å². The van der Waals surface area contributed by atoms with Gasteiger partial charge < -0.3 is 19.5 Å². The van der Waals surface area contributed by atoms with Gasteiger partial charge in [0.05, 0.1) is 25.8 Å². The van der Waals surface area contributed by atoms with Crippen LogP contribution < -0.4 is 14.8 Å². The lowest BCUT2D eigenvalue weighted by atomic mass is 9.94. The van der Waals surface area contributed by atoms with Crippen LogP contribution in [0, 0.1) is 5.92 Å². The summed E-state index contributed by atoms with van der Waals surface area (Å²) >= 11 is 0. The molecule has 0 spiro atoms. The zero-order chi connectivity index (χ0) is 21.7. The van der Waals surface area contributed by atoms with E-state index in [0.29, 0.717) is 23.7 Å². The maximum Gasteiger partial charge on any atom is 0.387 e. The molecule has 1 aliphatic rings. The lowest BCUT2D eigenvalue weighted by molar-refractivity contribution is -0.136. The smallest absolute Gasteiger partial charge is 0.387 e. The molecule has 160 valence electrons. The molecule has 0 bridgehead atoms. The quantitative estimate of drug-likeness (QED) is 0.656. The average molecular weight is 412 g/mol. The van der Waals surface area contributed by atoms with Crippen LogP contribution in [0.3, 0.4) is 0 Å². The molecular weight excluding hydrogens is 386 g/mol. The number of carbonyl (C=O) groups is 2. The Morgan fingerprint density at radius 1 is 1.24 bits per heavy atom. The first-order chi connectivity index (χ1) is 13.7. The van der Waals surface area contributed by atoms with E-state index in [1.165, 1.54) is 37.3 Å². The van der Waals surface area contributed by atoms with Crippen LogP contribution in [-0.4, -0.2) is 44.3 Å². The first-order valence-corrected chi connectivity index (χ1v) is 9.19. The number of rotatable bonds is 8. The number of hydrogen-bond acceptors (Lipinski definition) is 5. The van der Waals surface area contributed by atoms with Crippen molar-refractivity contribution in [2.45, 2.75) is 39.8 Å². The van der Waals surface area contributed by atoms with E-state index in [2.05, 4.69) is 10.1 Å². The summed E-state index contributed by atoms with van der Waals surface area (Å²) in [6.07, 6.45) is 0.761. The number of carbonyl (C=O) groups excluding carboxylic acids is 2. The standard InChI is InChI=1S/C20H26F2N2O5/c1-11(2)8-9-24-12(3)16(18(25)28-5)17(23-20(24)26)13-6-7-14(29-19(21)22)15(10-13)27-4/h6-7,10-11,17,19H,8-9H2,1-5H3,(H,23,26). The number of urea groups is 1. The minimum absolute atomic E-state index is 0.0566. The number of allylic oxidation sites excluding steroid dienone is 1. The van der Waals surface area contributed by atoms with Crippen molar-refractivity contribution in [2.75, 3.05) is 20.8 Å². The molecule has 0 radical (unpaired) electrons. The van der Waals surface area contributed by atoms with Crippen LogP contribution in [0.25, 0.3) is 0 Å². The van der Waals surface area contributed by atoms with Gasteiger partial charge in [-0.3, -0.25) is 4.90 Å². The molecule has 1 heterocycles. The molecular formula is C20H26F2N2O5. The highest BCUT2D eigenvalue weighted by molar-refractivity contribution is 5.95. The lowest BCUT2D eigenvalue weighted by Gasteiger charge is -2.35. The molecule has 1 N–H and O–H groups in total. The number of nitrogens with one attached hydrogen (secondary N) is 1. The predicted octanol–water partition coefficient (Wildman–Crippen LogP) is 3.86. The summed E-state index contributed by atoms with van der Waals surface area (Å²) in [7, 11) is 2.57. The molecule has 0 saturated carbocycles. The Kier molecular flexibility index (Phi) is 7.41. The van der Waals surface area contributed by atoms with Crippen molar-refractivity contribution in [3.05, 3.63) is 35.0 Å². The van der Waals surface area contributed by atoms with E-state index >= 15 is 0 Å². The van der Waals surface area contributed by atoms with Crippen molar-refractivity contribution in [2.24, 2.45) is 5.92 Å². The predicted molar refractivity (Wildman–Crippen MR) is 102 cm³/mol. The molecule has 1 aromatic carbocycles. The fourth-order valence-corrected chi connectivity index (χ4v) is 3.12. The van der Waals surface area contributed by atoms with Crippen molar-refractivity contribution in [3.63, 3.8) is 0 Å². The first-order valence-electron chi connectivity index (χ1n) is 9.19. The van der Waals surface area contributed by atoms with Gasteiger partial charge in [-0.1, -0.05) is 19.9 Å². The maximum absolute atomic E-state index is 12.7. The highest BCUT2D eigenvalue weighted by atomic mass is 19.3. The van der Waals surface area contributed by atoms with E-state index in [9.17, 15) is 18.4 Å². The molecule has 0 aromatic heterocycles. The van der Waals surface area contributed by atoms with Gasteiger partial charge >= 0.3 is 18.6 Å². The van der Waals surface area contributed by atoms with E-state index in [1.807, 2.05) is 13.8 Å². The van der Waals surface area contributed by atoms with Crippen molar-refractivity contribution in [1.82, 2.24) is 10.2 Å². The number of hydrogen-bond donors (Lipinski definition) is 1. The van der Waals surface area contributed by atoms with Crippen LogP contribution >= 0.6 is 0 Å². The van der Waals surface area contributed by atoms with Crippen LogP contribution in [0.1, 0.15) is 38.8 Å². The van der Waals surface area contributed by atoms with Crippen LogP contribution in [0.4, 0.5) is 13.6 Å². The molecule has 9 heteroatoms. The monoisotopic (exact) mass is 412 g/mol. The van der Waals surface area contributed by atoms with E-state index in [4.69, 9.17) is 9.47 Å². The molecule has 29 heavy (non-hydrogen) atoms. The van der Waals surface area contributed by atoms with E-state index in [-0.39, 0.29) is 23.1 Å². The minimum Gasteiger partial charge on any atom is -0.493 e. The van der Waals surface area contributed by atoms with Gasteiger partial charge in [-0.15, -0.1) is 0 Å². The Hall–Kier alpha value is -2.84. The number of benzene rings is 1. The van der Waals surface area contributed by atoms with Crippen molar-refractivity contribution < 1.29 is 32.6 Å². The van der Waals surface area contributed by atoms with Gasteiger partial charge in [0.2, 0.25) is 0 Å². The molecule has 1 aliphatic heterocycles. The largest absolute Gasteiger partial charge is 0.493 e. The number of alkyl halides is 2. The second-order valence-corrected chi connectivity index (χ2v) is 7.00.